The lowest BCUT2D eigenvalue weighted by Gasteiger charge is -2.35. The molecule has 5 aromatic rings. The number of alkyl halides is 3. The van der Waals surface area contributed by atoms with Crippen molar-refractivity contribution in [1.82, 2.24) is 20.5 Å². The van der Waals surface area contributed by atoms with Crippen molar-refractivity contribution in [2.24, 2.45) is 5.41 Å². The second-order valence-electron chi connectivity index (χ2n) is 19.4. The lowest BCUT2D eigenvalue weighted by Crippen LogP contribution is -2.58. The Morgan fingerprint density at radius 1 is 0.973 bits per heavy atom. The highest BCUT2D eigenvalue weighted by Crippen LogP contribution is 2.40. The fourth-order valence-electron chi connectivity index (χ4n) is 8.71. The van der Waals surface area contributed by atoms with Gasteiger partial charge in [-0.25, -0.2) is 9.37 Å². The first kappa shape index (κ1) is 54.0. The largest absolute Gasteiger partial charge is 0.493 e. The number of carbonyl (C=O) groups is 4. The molecule has 3 heterocycles. The van der Waals surface area contributed by atoms with Crippen LogP contribution < -0.4 is 25.2 Å². The highest BCUT2D eigenvalue weighted by molar-refractivity contribution is 7.81. The number of likely N-dealkylation sites (tertiary alicyclic amines) is 1. The molecule has 0 radical (unpaired) electrons. The van der Waals surface area contributed by atoms with Crippen molar-refractivity contribution in [3.63, 3.8) is 0 Å². The van der Waals surface area contributed by atoms with E-state index in [1.54, 1.807) is 87.9 Å². The predicted molar refractivity (Wildman–Crippen MR) is 272 cm³/mol. The van der Waals surface area contributed by atoms with Crippen LogP contribution in [0.5, 0.6) is 5.75 Å². The monoisotopic (exact) mass is 1040 g/mol. The first-order valence-corrected chi connectivity index (χ1v) is 24.7. The van der Waals surface area contributed by atoms with E-state index in [1.165, 1.54) is 28.0 Å². The van der Waals surface area contributed by atoms with Gasteiger partial charge in [-0.05, 0) is 110 Å². The maximum absolute atomic E-state index is 15.5. The van der Waals surface area contributed by atoms with Crippen molar-refractivity contribution in [1.29, 1.82) is 5.26 Å². The molecule has 2 aliphatic rings. The number of aliphatic hydroxyl groups excluding tert-OH is 1. The Balaban J connectivity index is 0.855. The normalized spacial score (nSPS) is 17.2. The Morgan fingerprint density at radius 3 is 2.27 bits per heavy atom. The molecule has 1 aromatic heterocycles. The molecular weight excluding hydrogens is 987 g/mol. The van der Waals surface area contributed by atoms with Gasteiger partial charge in [0.1, 0.15) is 35.8 Å². The Kier molecular flexibility index (Phi) is 16.4. The molecule has 2 saturated heterocycles. The van der Waals surface area contributed by atoms with Crippen LogP contribution in [0.2, 0.25) is 0 Å². The summed E-state index contributed by atoms with van der Waals surface area (Å²) in [5.41, 5.74) is 1.87. The number of nitriles is 1. The molecule has 0 spiro atoms. The summed E-state index contributed by atoms with van der Waals surface area (Å²) >= 11 is 7.18. The minimum atomic E-state index is -4.84. The summed E-state index contributed by atoms with van der Waals surface area (Å²) < 4.78 is 68.2. The maximum atomic E-state index is 15.5. The number of aryl methyl sites for hydroxylation is 1. The van der Waals surface area contributed by atoms with Gasteiger partial charge >= 0.3 is 6.18 Å². The number of anilines is 2. The number of unbranched alkanes of at least 4 members (excludes halogenated alkanes) is 1. The molecule has 3 N–H and O–H groups in total. The summed E-state index contributed by atoms with van der Waals surface area (Å²) in [6.45, 7) is 10.8. The van der Waals surface area contributed by atoms with Crippen molar-refractivity contribution >= 4 is 63.7 Å². The van der Waals surface area contributed by atoms with Crippen LogP contribution in [-0.4, -0.2) is 93.8 Å². The van der Waals surface area contributed by atoms with Crippen LogP contribution in [0.3, 0.4) is 0 Å². The number of aromatic nitrogens is 1. The number of ether oxygens (including phenoxy) is 2. The van der Waals surface area contributed by atoms with Gasteiger partial charge in [0, 0.05) is 43.4 Å². The molecule has 0 aliphatic carbocycles. The van der Waals surface area contributed by atoms with Gasteiger partial charge in [0.15, 0.2) is 5.11 Å². The van der Waals surface area contributed by atoms with Crippen LogP contribution in [0.15, 0.2) is 90.4 Å². The second kappa shape index (κ2) is 22.1. The molecule has 4 aromatic carbocycles. The number of nitrogens with one attached hydrogen (secondary N) is 2. The fraction of sp³-hybridized carbons (Fsp3) is 0.377. The number of carbonyl (C=O) groups excluding carboxylic acids is 4. The number of nitrogens with zero attached hydrogens (tertiary/aromatic N) is 5. The quantitative estimate of drug-likeness (QED) is 0.0461. The minimum absolute atomic E-state index is 0.0568. The number of hydrogen-bond acceptors (Lipinski definition) is 11. The molecule has 0 bridgehead atoms. The molecule has 3 atom stereocenters. The number of halogens is 4. The molecule has 2 aliphatic heterocycles. The van der Waals surface area contributed by atoms with Crippen LogP contribution in [0.4, 0.5) is 28.9 Å². The first-order chi connectivity index (χ1) is 34.5. The molecule has 4 amide bonds. The Bertz CT molecular complexity index is 2920. The summed E-state index contributed by atoms with van der Waals surface area (Å²) in [5, 5.41) is 25.4. The van der Waals surface area contributed by atoms with Gasteiger partial charge in [-0.2, -0.15) is 18.4 Å². The van der Waals surface area contributed by atoms with E-state index in [0.29, 0.717) is 24.1 Å². The highest BCUT2D eigenvalue weighted by Gasteiger charge is 2.51. The van der Waals surface area contributed by atoms with Crippen molar-refractivity contribution < 1.29 is 51.3 Å². The van der Waals surface area contributed by atoms with E-state index in [0.717, 1.165) is 38.7 Å². The van der Waals surface area contributed by atoms with Gasteiger partial charge in [-0.15, -0.1) is 11.3 Å². The molecular formula is C53H55F4N7O7S2. The van der Waals surface area contributed by atoms with Gasteiger partial charge in [0.05, 0.1) is 51.7 Å². The summed E-state index contributed by atoms with van der Waals surface area (Å²) in [4.78, 5) is 63.4. The number of β-amino-alcohol motifs (C(OH)–C–C–N with tert-alkyl or cyclic N) is 1. The number of thiazole rings is 1. The third kappa shape index (κ3) is 12.2. The average Bonchev–Trinajstić information content (AvgIpc) is 4.01. The van der Waals surface area contributed by atoms with Crippen LogP contribution in [0, 0.1) is 29.5 Å². The lowest BCUT2D eigenvalue weighted by molar-refractivity contribution is -0.144. The molecule has 2 fully saturated rings. The summed E-state index contributed by atoms with van der Waals surface area (Å²) in [5.74, 6) is -2.27. The zero-order valence-electron chi connectivity index (χ0n) is 41.0. The standard InChI is InChI=1S/C53H55F4N7O7S2/c1-31-45(73-30-60-31)34-11-9-32(10-12-34)27-59-47(67)43-24-38(65)28-62(43)48(68)46(51(2,3)4)61-44(66)29-70-21-7-8-22-71-39-19-20-40(42(54)25-39)33-13-16-36(17-14-33)64-50(72)63(49(69)52(64,5)6)37-18-15-35(26-58)41(23-37)53(55,56)57/h9-20,23,25,30,38,43,46,65H,7-8,21-22,24,27-29H2,1-6H3,(H,59,67)(H,61,66)/t38-,43+,46?/m1/s1. The molecule has 0 saturated carbocycles. The van der Waals surface area contributed by atoms with Crippen LogP contribution in [-0.2, 0) is 36.6 Å². The molecule has 7 rings (SSSR count). The molecule has 384 valence electrons. The summed E-state index contributed by atoms with van der Waals surface area (Å²) in [7, 11) is 0. The number of rotatable bonds is 17. The second-order valence-corrected chi connectivity index (χ2v) is 20.6. The van der Waals surface area contributed by atoms with Gasteiger partial charge in [0.2, 0.25) is 17.7 Å². The van der Waals surface area contributed by atoms with E-state index < -0.39 is 75.9 Å². The Hall–Kier alpha value is -6.79. The third-order valence-corrected chi connectivity index (χ3v) is 14.0. The predicted octanol–water partition coefficient (Wildman–Crippen LogP) is 8.72. The van der Waals surface area contributed by atoms with Gasteiger partial charge in [-0.1, -0.05) is 57.2 Å². The topological polar surface area (TPSA) is 177 Å². The van der Waals surface area contributed by atoms with Gasteiger partial charge in [-0.3, -0.25) is 24.1 Å². The summed E-state index contributed by atoms with van der Waals surface area (Å²) in [6.07, 6.45) is -4.68. The lowest BCUT2D eigenvalue weighted by atomic mass is 9.85. The number of benzene rings is 4. The van der Waals surface area contributed by atoms with Crippen LogP contribution in [0.1, 0.15) is 76.3 Å². The highest BCUT2D eigenvalue weighted by atomic mass is 32.1. The van der Waals surface area contributed by atoms with Gasteiger partial charge < -0.3 is 35.0 Å². The summed E-state index contributed by atoms with van der Waals surface area (Å²) in [6, 6.07) is 21.3. The molecule has 73 heavy (non-hydrogen) atoms. The van der Waals surface area contributed by atoms with Crippen LogP contribution >= 0.6 is 23.6 Å². The Morgan fingerprint density at radius 2 is 1.64 bits per heavy atom. The number of amides is 4. The smallest absolute Gasteiger partial charge is 0.417 e. The van der Waals surface area contributed by atoms with E-state index >= 15 is 4.39 Å². The SMILES string of the molecule is Cc1ncsc1-c1ccc(CNC(=O)[C@@H]2C[C@@H](O)CN2C(=O)C(NC(=O)COCCCCOc2ccc(-c3ccc(N4C(=S)N(c5ccc(C#N)c(C(F)(F)F)c5)C(=O)C4(C)C)cc3)c(F)c2)C(C)(C)C)cc1. The van der Waals surface area contributed by atoms with Crippen LogP contribution in [0.25, 0.3) is 21.6 Å². The van der Waals surface area contributed by atoms with E-state index in [4.69, 9.17) is 21.7 Å². The zero-order chi connectivity index (χ0) is 53.0. The van der Waals surface area contributed by atoms with Gasteiger partial charge in [0.25, 0.3) is 5.91 Å². The van der Waals surface area contributed by atoms with Crippen molar-refractivity contribution in [3.8, 4) is 33.4 Å². The number of hydrogen-bond donors (Lipinski definition) is 3. The van der Waals surface area contributed by atoms with E-state index in [1.807, 2.05) is 31.2 Å². The van der Waals surface area contributed by atoms with E-state index in [-0.39, 0.29) is 61.4 Å². The fourth-order valence-corrected chi connectivity index (χ4v) is 10.0. The van der Waals surface area contributed by atoms with Crippen molar-refractivity contribution in [2.45, 2.75) is 97.3 Å². The van der Waals surface area contributed by atoms with Crippen molar-refractivity contribution in [3.05, 3.63) is 119 Å². The zero-order valence-corrected chi connectivity index (χ0v) is 42.6. The number of aliphatic hydroxyl groups is 1. The average molecular weight is 1040 g/mol. The first-order valence-electron chi connectivity index (χ1n) is 23.4. The third-order valence-electron chi connectivity index (χ3n) is 12.6. The molecule has 20 heteroatoms. The minimum Gasteiger partial charge on any atom is -0.493 e. The van der Waals surface area contributed by atoms with Crippen molar-refractivity contribution in [2.75, 3.05) is 36.2 Å². The van der Waals surface area contributed by atoms with E-state index in [9.17, 15) is 42.7 Å². The van der Waals surface area contributed by atoms with E-state index in [2.05, 4.69) is 15.6 Å². The Labute approximate surface area is 429 Å². The maximum Gasteiger partial charge on any atom is 0.417 e. The molecule has 14 nitrogen and oxygen atoms in total. The molecule has 1 unspecified atom stereocenters. The number of thiocarbonyl (C=S) groups is 1.